The first-order valence-electron chi connectivity index (χ1n) is 6.03. The molecule has 0 amide bonds. The third-order valence-corrected chi connectivity index (χ3v) is 3.09. The standard InChI is InChI=1S/C10H17N7O2/c1-15-3-2-4-16(6-5-15)9-8(17(18)19)7-12-10(13-9)14-11/h7H,2-6,11H2,1H3,(H,12,13,14). The fraction of sp³-hybridized carbons (Fsp3) is 0.600. The molecule has 0 aromatic carbocycles. The van der Waals surface area contributed by atoms with Gasteiger partial charge in [-0.2, -0.15) is 4.98 Å². The molecule has 3 N–H and O–H groups in total. The van der Waals surface area contributed by atoms with Crippen molar-refractivity contribution < 1.29 is 4.92 Å². The van der Waals surface area contributed by atoms with Crippen molar-refractivity contribution in [2.45, 2.75) is 6.42 Å². The largest absolute Gasteiger partial charge is 0.349 e. The lowest BCUT2D eigenvalue weighted by molar-refractivity contribution is -0.384. The fourth-order valence-electron chi connectivity index (χ4n) is 2.06. The highest BCUT2D eigenvalue weighted by atomic mass is 16.6. The molecule has 19 heavy (non-hydrogen) atoms. The van der Waals surface area contributed by atoms with Crippen LogP contribution in [0, 0.1) is 10.1 Å². The zero-order valence-electron chi connectivity index (χ0n) is 10.7. The monoisotopic (exact) mass is 267 g/mol. The number of hydrogen-bond donors (Lipinski definition) is 2. The maximum atomic E-state index is 11.1. The molecule has 0 spiro atoms. The molecule has 1 saturated heterocycles. The van der Waals surface area contributed by atoms with Gasteiger partial charge >= 0.3 is 5.69 Å². The molecule has 0 radical (unpaired) electrons. The van der Waals surface area contributed by atoms with E-state index < -0.39 is 4.92 Å². The Kier molecular flexibility index (Phi) is 4.07. The SMILES string of the molecule is CN1CCCN(c2nc(NN)ncc2[N+](=O)[O-])CC1. The summed E-state index contributed by atoms with van der Waals surface area (Å²) in [7, 11) is 2.03. The van der Waals surface area contributed by atoms with Crippen molar-refractivity contribution in [1.82, 2.24) is 14.9 Å². The van der Waals surface area contributed by atoms with Crippen LogP contribution in [0.25, 0.3) is 0 Å². The number of aromatic nitrogens is 2. The molecular weight excluding hydrogens is 250 g/mol. The predicted octanol–water partition coefficient (Wildman–Crippen LogP) is -0.188. The molecule has 1 aromatic rings. The van der Waals surface area contributed by atoms with Crippen LogP contribution in [0.4, 0.5) is 17.5 Å². The van der Waals surface area contributed by atoms with Crippen molar-refractivity contribution in [3.05, 3.63) is 16.3 Å². The lowest BCUT2D eigenvalue weighted by atomic mass is 10.3. The van der Waals surface area contributed by atoms with E-state index in [1.165, 1.54) is 6.20 Å². The van der Waals surface area contributed by atoms with Crippen LogP contribution < -0.4 is 16.2 Å². The zero-order chi connectivity index (χ0) is 13.8. The maximum Gasteiger partial charge on any atom is 0.329 e. The van der Waals surface area contributed by atoms with Crippen LogP contribution in [0.1, 0.15) is 6.42 Å². The van der Waals surface area contributed by atoms with Gasteiger partial charge in [-0.1, -0.05) is 0 Å². The van der Waals surface area contributed by atoms with Crippen LogP contribution in [-0.4, -0.2) is 53.0 Å². The van der Waals surface area contributed by atoms with Crippen LogP contribution in [0.5, 0.6) is 0 Å². The van der Waals surface area contributed by atoms with E-state index in [1.807, 2.05) is 11.9 Å². The van der Waals surface area contributed by atoms with Gasteiger partial charge in [0, 0.05) is 19.6 Å². The second kappa shape index (κ2) is 5.76. The van der Waals surface area contributed by atoms with E-state index in [-0.39, 0.29) is 11.6 Å². The molecule has 0 atom stereocenters. The van der Waals surface area contributed by atoms with Crippen molar-refractivity contribution in [2.75, 3.05) is 43.6 Å². The van der Waals surface area contributed by atoms with E-state index >= 15 is 0 Å². The van der Waals surface area contributed by atoms with Gasteiger partial charge in [0.05, 0.1) is 4.92 Å². The van der Waals surface area contributed by atoms with Gasteiger partial charge < -0.3 is 9.80 Å². The highest BCUT2D eigenvalue weighted by Crippen LogP contribution is 2.26. The number of rotatable bonds is 3. The Morgan fingerprint density at radius 3 is 2.89 bits per heavy atom. The highest BCUT2D eigenvalue weighted by Gasteiger charge is 2.24. The third-order valence-electron chi connectivity index (χ3n) is 3.09. The van der Waals surface area contributed by atoms with Crippen LogP contribution in [0.15, 0.2) is 6.20 Å². The van der Waals surface area contributed by atoms with Crippen molar-refractivity contribution in [1.29, 1.82) is 0 Å². The molecule has 104 valence electrons. The quantitative estimate of drug-likeness (QED) is 0.440. The topological polar surface area (TPSA) is 113 Å². The smallest absolute Gasteiger partial charge is 0.329 e. The van der Waals surface area contributed by atoms with E-state index in [9.17, 15) is 10.1 Å². The Morgan fingerprint density at radius 2 is 2.21 bits per heavy atom. The second-order valence-electron chi connectivity index (χ2n) is 4.45. The molecular formula is C10H17N7O2. The van der Waals surface area contributed by atoms with Crippen molar-refractivity contribution in [3.63, 3.8) is 0 Å². The Balaban J connectivity index is 2.32. The molecule has 1 aliphatic rings. The minimum atomic E-state index is -0.468. The Bertz CT molecular complexity index is 467. The van der Waals surface area contributed by atoms with E-state index in [1.54, 1.807) is 0 Å². The Morgan fingerprint density at radius 1 is 1.42 bits per heavy atom. The lowest BCUT2D eigenvalue weighted by Crippen LogP contribution is -2.30. The van der Waals surface area contributed by atoms with Crippen molar-refractivity contribution in [2.24, 2.45) is 5.84 Å². The number of nitrogens with one attached hydrogen (secondary N) is 1. The van der Waals surface area contributed by atoms with Crippen molar-refractivity contribution in [3.8, 4) is 0 Å². The number of nitrogen functional groups attached to an aromatic ring is 1. The summed E-state index contributed by atoms with van der Waals surface area (Å²) in [6, 6.07) is 0. The fourth-order valence-corrected chi connectivity index (χ4v) is 2.06. The summed E-state index contributed by atoms with van der Waals surface area (Å²) >= 11 is 0. The first kappa shape index (κ1) is 13.4. The minimum absolute atomic E-state index is 0.0939. The predicted molar refractivity (Wildman–Crippen MR) is 70.8 cm³/mol. The Labute approximate surface area is 110 Å². The first-order valence-corrected chi connectivity index (χ1v) is 6.03. The molecule has 1 aliphatic heterocycles. The van der Waals surface area contributed by atoms with Gasteiger partial charge in [0.25, 0.3) is 0 Å². The molecule has 9 nitrogen and oxygen atoms in total. The molecule has 1 fully saturated rings. The van der Waals surface area contributed by atoms with Crippen molar-refractivity contribution >= 4 is 17.5 Å². The van der Waals surface area contributed by atoms with Gasteiger partial charge in [-0.15, -0.1) is 0 Å². The van der Waals surface area contributed by atoms with Gasteiger partial charge in [0.2, 0.25) is 11.8 Å². The molecule has 9 heteroatoms. The van der Waals surface area contributed by atoms with E-state index in [0.29, 0.717) is 12.4 Å². The second-order valence-corrected chi connectivity index (χ2v) is 4.45. The Hall–Kier alpha value is -2.00. The summed E-state index contributed by atoms with van der Waals surface area (Å²) in [4.78, 5) is 22.6. The van der Waals surface area contributed by atoms with Crippen LogP contribution >= 0.6 is 0 Å². The summed E-state index contributed by atoms with van der Waals surface area (Å²) in [5.74, 6) is 5.76. The third kappa shape index (κ3) is 3.06. The number of hydrazine groups is 1. The highest BCUT2D eigenvalue weighted by molar-refractivity contribution is 5.58. The van der Waals surface area contributed by atoms with Crippen LogP contribution in [0.2, 0.25) is 0 Å². The summed E-state index contributed by atoms with van der Waals surface area (Å²) in [5, 5.41) is 11.1. The summed E-state index contributed by atoms with van der Waals surface area (Å²) < 4.78 is 0. The van der Waals surface area contributed by atoms with Gasteiger partial charge in [-0.25, -0.2) is 10.8 Å². The average molecular weight is 267 g/mol. The molecule has 0 saturated carbocycles. The molecule has 2 rings (SSSR count). The normalized spacial score (nSPS) is 17.1. The van der Waals surface area contributed by atoms with Crippen LogP contribution in [0.3, 0.4) is 0 Å². The molecule has 2 heterocycles. The molecule has 0 aliphatic carbocycles. The number of nitrogens with two attached hydrogens (primary N) is 1. The van der Waals surface area contributed by atoms with Gasteiger partial charge in [-0.3, -0.25) is 15.5 Å². The molecule has 0 bridgehead atoms. The number of likely N-dealkylation sites (N-methyl/N-ethyl adjacent to an activating group) is 1. The van der Waals surface area contributed by atoms with E-state index in [0.717, 1.165) is 26.1 Å². The first-order chi connectivity index (χ1) is 9.11. The molecule has 1 aromatic heterocycles. The van der Waals surface area contributed by atoms with Gasteiger partial charge in [-0.05, 0) is 20.0 Å². The van der Waals surface area contributed by atoms with Gasteiger partial charge in [0.15, 0.2) is 0 Å². The number of hydrogen-bond acceptors (Lipinski definition) is 8. The maximum absolute atomic E-state index is 11.1. The zero-order valence-corrected chi connectivity index (χ0v) is 10.7. The number of nitrogens with zero attached hydrogens (tertiary/aromatic N) is 5. The number of nitro groups is 1. The van der Waals surface area contributed by atoms with Crippen LogP contribution in [-0.2, 0) is 0 Å². The molecule has 0 unspecified atom stereocenters. The number of anilines is 2. The summed E-state index contributed by atoms with van der Waals surface area (Å²) in [6.45, 7) is 3.23. The van der Waals surface area contributed by atoms with E-state index in [4.69, 9.17) is 5.84 Å². The minimum Gasteiger partial charge on any atom is -0.349 e. The lowest BCUT2D eigenvalue weighted by Gasteiger charge is -2.21. The summed E-state index contributed by atoms with van der Waals surface area (Å²) in [5.41, 5.74) is 2.22. The van der Waals surface area contributed by atoms with E-state index in [2.05, 4.69) is 20.3 Å². The van der Waals surface area contributed by atoms with Gasteiger partial charge in [0.1, 0.15) is 6.20 Å². The average Bonchev–Trinajstić information content (AvgIpc) is 2.62. The summed E-state index contributed by atoms with van der Waals surface area (Å²) in [6.07, 6.45) is 2.12.